The smallest absolute Gasteiger partial charge is 0.504 e. The van der Waals surface area contributed by atoms with E-state index in [1.807, 2.05) is 6.92 Å². The van der Waals surface area contributed by atoms with Crippen LogP contribution in [0.25, 0.3) is 0 Å². The topological polar surface area (TPSA) is 76.0 Å². The highest BCUT2D eigenvalue weighted by Gasteiger charge is 2.26. The zero-order chi connectivity index (χ0) is 20.9. The molecule has 0 aliphatic rings. The first-order valence-corrected chi connectivity index (χ1v) is 10.9. The fraction of sp³-hybridized carbons (Fsp3) is 0.696. The molecule has 0 fully saturated rings. The molecule has 0 spiro atoms. The van der Waals surface area contributed by atoms with Gasteiger partial charge in [0.1, 0.15) is 0 Å². The van der Waals surface area contributed by atoms with E-state index in [-0.39, 0.29) is 11.5 Å². The minimum Gasteiger partial charge on any atom is -0.504 e. The van der Waals surface area contributed by atoms with Crippen LogP contribution in [-0.4, -0.2) is 23.0 Å². The zero-order valence-corrected chi connectivity index (χ0v) is 18.1. The van der Waals surface area contributed by atoms with Gasteiger partial charge in [0.25, 0.3) is 0 Å². The molecular weight excluding hydrogens is 356 g/mol. The lowest BCUT2D eigenvalue weighted by Crippen LogP contribution is -2.12. The van der Waals surface area contributed by atoms with Crippen molar-refractivity contribution in [2.75, 3.05) is 6.61 Å². The van der Waals surface area contributed by atoms with E-state index in [0.717, 1.165) is 61.6 Å². The summed E-state index contributed by atoms with van der Waals surface area (Å²) in [6.45, 7) is 8.92. The number of benzene rings is 1. The number of ether oxygens (including phenoxy) is 2. The average molecular weight is 395 g/mol. The number of hydrogen-bond donors (Lipinski definition) is 2. The van der Waals surface area contributed by atoms with Crippen LogP contribution in [0.5, 0.6) is 17.2 Å². The number of phenolic OH excluding ortho intramolecular Hbond substituents is 1. The van der Waals surface area contributed by atoms with Gasteiger partial charge in [0.15, 0.2) is 11.5 Å². The summed E-state index contributed by atoms with van der Waals surface area (Å²) in [6, 6.07) is 0. The number of carbonyl (C=O) groups is 1. The molecule has 0 aliphatic heterocycles. The predicted molar refractivity (Wildman–Crippen MR) is 113 cm³/mol. The molecule has 0 aromatic heterocycles. The zero-order valence-electron chi connectivity index (χ0n) is 18.1. The molecule has 1 aromatic rings. The molecule has 0 amide bonds. The summed E-state index contributed by atoms with van der Waals surface area (Å²) >= 11 is 0. The Morgan fingerprint density at radius 1 is 0.750 bits per heavy atom. The second-order valence-corrected chi connectivity index (χ2v) is 7.32. The van der Waals surface area contributed by atoms with Crippen LogP contribution < -0.4 is 9.47 Å². The van der Waals surface area contributed by atoms with Crippen LogP contribution in [0.15, 0.2) is 0 Å². The standard InChI is InChI=1S/C23H38O5/c1-5-9-10-11-12-16-27-21-19(15-8-4)17(13-6-2)18(14-7-3)20(24)22(21)28-23(25)26/h24H,5-16H2,1-4H3,(H,25,26). The molecular formula is C23H38O5. The first-order valence-electron chi connectivity index (χ1n) is 10.9. The molecule has 0 aliphatic carbocycles. The fourth-order valence-electron chi connectivity index (χ4n) is 3.64. The molecule has 0 heterocycles. The third-order valence-corrected chi connectivity index (χ3v) is 4.89. The lowest BCUT2D eigenvalue weighted by Gasteiger charge is -2.23. The Bertz CT molecular complexity index is 610. The molecule has 0 unspecified atom stereocenters. The SMILES string of the molecule is CCCCCCCOc1c(CCC)c(CCC)c(CCC)c(O)c1OC(=O)O. The molecule has 5 nitrogen and oxygen atoms in total. The predicted octanol–water partition coefficient (Wildman–Crippen LogP) is 6.66. The highest BCUT2D eigenvalue weighted by atomic mass is 16.7. The van der Waals surface area contributed by atoms with Crippen LogP contribution in [0.3, 0.4) is 0 Å². The number of carboxylic acid groups (broad SMARTS) is 1. The first kappa shape index (κ1) is 24.1. The van der Waals surface area contributed by atoms with E-state index in [4.69, 9.17) is 9.47 Å². The van der Waals surface area contributed by atoms with Gasteiger partial charge >= 0.3 is 6.16 Å². The van der Waals surface area contributed by atoms with Crippen molar-refractivity contribution < 1.29 is 24.5 Å². The Morgan fingerprint density at radius 3 is 1.89 bits per heavy atom. The molecule has 0 bridgehead atoms. The van der Waals surface area contributed by atoms with E-state index < -0.39 is 6.16 Å². The van der Waals surface area contributed by atoms with Crippen LogP contribution in [0.2, 0.25) is 0 Å². The number of hydrogen-bond acceptors (Lipinski definition) is 4. The van der Waals surface area contributed by atoms with E-state index in [1.54, 1.807) is 0 Å². The first-order chi connectivity index (χ1) is 13.5. The van der Waals surface area contributed by atoms with Gasteiger partial charge < -0.3 is 19.7 Å². The van der Waals surface area contributed by atoms with Crippen molar-refractivity contribution in [1.29, 1.82) is 0 Å². The quantitative estimate of drug-likeness (QED) is 0.210. The third-order valence-electron chi connectivity index (χ3n) is 4.89. The summed E-state index contributed by atoms with van der Waals surface area (Å²) in [5, 5.41) is 20.1. The van der Waals surface area contributed by atoms with Crippen LogP contribution in [-0.2, 0) is 19.3 Å². The molecule has 1 rings (SSSR count). The average Bonchev–Trinajstić information content (AvgIpc) is 2.66. The van der Waals surface area contributed by atoms with Crippen molar-refractivity contribution in [3.05, 3.63) is 16.7 Å². The van der Waals surface area contributed by atoms with Gasteiger partial charge in [0.2, 0.25) is 5.75 Å². The molecule has 0 saturated carbocycles. The largest absolute Gasteiger partial charge is 0.511 e. The van der Waals surface area contributed by atoms with E-state index in [9.17, 15) is 15.0 Å². The molecule has 0 atom stereocenters. The molecule has 2 N–H and O–H groups in total. The summed E-state index contributed by atoms with van der Waals surface area (Å²) in [5.74, 6) is 0.307. The van der Waals surface area contributed by atoms with Crippen LogP contribution in [0.1, 0.15) is 95.8 Å². The molecule has 28 heavy (non-hydrogen) atoms. The van der Waals surface area contributed by atoms with E-state index in [0.29, 0.717) is 18.8 Å². The number of unbranched alkanes of at least 4 members (excludes halogenated alkanes) is 4. The van der Waals surface area contributed by atoms with Gasteiger partial charge in [-0.15, -0.1) is 0 Å². The Hall–Kier alpha value is -1.91. The highest BCUT2D eigenvalue weighted by Crippen LogP contribution is 2.46. The second-order valence-electron chi connectivity index (χ2n) is 7.32. The van der Waals surface area contributed by atoms with E-state index >= 15 is 0 Å². The van der Waals surface area contributed by atoms with Crippen molar-refractivity contribution in [3.63, 3.8) is 0 Å². The van der Waals surface area contributed by atoms with Crippen molar-refractivity contribution in [3.8, 4) is 17.2 Å². The van der Waals surface area contributed by atoms with Gasteiger partial charge in [-0.1, -0.05) is 72.6 Å². The summed E-state index contributed by atoms with van der Waals surface area (Å²) < 4.78 is 11.1. The summed E-state index contributed by atoms with van der Waals surface area (Å²) in [6.07, 6.45) is 9.11. The van der Waals surface area contributed by atoms with Gasteiger partial charge in [0, 0.05) is 11.1 Å². The van der Waals surface area contributed by atoms with Gasteiger partial charge in [-0.3, -0.25) is 0 Å². The molecule has 1 aromatic carbocycles. The molecule has 0 saturated heterocycles. The van der Waals surface area contributed by atoms with Gasteiger partial charge in [-0.25, -0.2) is 4.79 Å². The Labute approximate surface area is 170 Å². The fourth-order valence-corrected chi connectivity index (χ4v) is 3.64. The molecule has 160 valence electrons. The van der Waals surface area contributed by atoms with Crippen LogP contribution >= 0.6 is 0 Å². The summed E-state index contributed by atoms with van der Waals surface area (Å²) in [4.78, 5) is 11.3. The Morgan fingerprint density at radius 2 is 1.32 bits per heavy atom. The van der Waals surface area contributed by atoms with Crippen molar-refractivity contribution in [2.24, 2.45) is 0 Å². The Kier molecular flexibility index (Phi) is 11.5. The monoisotopic (exact) mass is 394 g/mol. The Balaban J connectivity index is 3.33. The third kappa shape index (κ3) is 6.92. The van der Waals surface area contributed by atoms with Crippen molar-refractivity contribution >= 4 is 6.16 Å². The maximum atomic E-state index is 11.3. The minimum absolute atomic E-state index is 0.0344. The maximum absolute atomic E-state index is 11.3. The molecule has 0 radical (unpaired) electrons. The van der Waals surface area contributed by atoms with E-state index in [1.165, 1.54) is 19.3 Å². The maximum Gasteiger partial charge on any atom is 0.511 e. The van der Waals surface area contributed by atoms with Gasteiger partial charge in [0.05, 0.1) is 6.61 Å². The summed E-state index contributed by atoms with van der Waals surface area (Å²) in [7, 11) is 0. The van der Waals surface area contributed by atoms with Crippen molar-refractivity contribution in [2.45, 2.75) is 98.3 Å². The normalized spacial score (nSPS) is 10.9. The van der Waals surface area contributed by atoms with Crippen molar-refractivity contribution in [1.82, 2.24) is 0 Å². The van der Waals surface area contributed by atoms with Crippen LogP contribution in [0.4, 0.5) is 4.79 Å². The van der Waals surface area contributed by atoms with Gasteiger partial charge in [-0.2, -0.15) is 0 Å². The lowest BCUT2D eigenvalue weighted by atomic mass is 9.90. The number of aromatic hydroxyl groups is 1. The minimum atomic E-state index is -1.43. The van der Waals surface area contributed by atoms with Gasteiger partial charge in [-0.05, 0) is 31.2 Å². The molecule has 5 heteroatoms. The number of phenols is 1. The summed E-state index contributed by atoms with van der Waals surface area (Å²) in [5.41, 5.74) is 2.90. The second kappa shape index (κ2) is 13.3. The van der Waals surface area contributed by atoms with E-state index in [2.05, 4.69) is 20.8 Å². The van der Waals surface area contributed by atoms with Crippen LogP contribution in [0, 0.1) is 0 Å². The highest BCUT2D eigenvalue weighted by molar-refractivity contribution is 5.70. The number of rotatable bonds is 14. The lowest BCUT2D eigenvalue weighted by molar-refractivity contribution is 0.140.